The van der Waals surface area contributed by atoms with Gasteiger partial charge < -0.3 is 19.1 Å². The lowest BCUT2D eigenvalue weighted by molar-refractivity contribution is -0.144. The fourth-order valence-corrected chi connectivity index (χ4v) is 3.04. The second-order valence-corrected chi connectivity index (χ2v) is 6.13. The Hall–Kier alpha value is -0.650. The molecule has 2 heterocycles. The molecular formula is C15H27NO4. The maximum atomic E-state index is 11.2. The molecule has 116 valence electrons. The van der Waals surface area contributed by atoms with Crippen LogP contribution in [0.15, 0.2) is 0 Å². The molecule has 2 aliphatic heterocycles. The van der Waals surface area contributed by atoms with Gasteiger partial charge in [-0.05, 0) is 39.2 Å². The molecule has 0 aromatic heterocycles. The molecule has 0 aliphatic carbocycles. The number of likely N-dealkylation sites (tertiary alicyclic amines) is 1. The lowest BCUT2D eigenvalue weighted by Crippen LogP contribution is -2.40. The molecule has 3 atom stereocenters. The molecule has 0 N–H and O–H groups in total. The molecule has 0 bridgehead atoms. The second kappa shape index (κ2) is 7.38. The Morgan fingerprint density at radius 2 is 2.25 bits per heavy atom. The zero-order valence-corrected chi connectivity index (χ0v) is 12.8. The monoisotopic (exact) mass is 285 g/mol. The van der Waals surface area contributed by atoms with Gasteiger partial charge in [0.1, 0.15) is 0 Å². The predicted molar refractivity (Wildman–Crippen MR) is 75.3 cm³/mol. The molecule has 0 amide bonds. The van der Waals surface area contributed by atoms with Gasteiger partial charge in [0.15, 0.2) is 6.29 Å². The van der Waals surface area contributed by atoms with Gasteiger partial charge in [-0.25, -0.2) is 0 Å². The Kier molecular flexibility index (Phi) is 5.81. The van der Waals surface area contributed by atoms with Crippen LogP contribution in [-0.4, -0.2) is 56.1 Å². The Labute approximate surface area is 121 Å². The number of hydrogen-bond donors (Lipinski definition) is 0. The highest BCUT2D eigenvalue weighted by atomic mass is 16.7. The zero-order chi connectivity index (χ0) is 14.5. The van der Waals surface area contributed by atoms with E-state index in [2.05, 4.69) is 23.5 Å². The van der Waals surface area contributed by atoms with Crippen LogP contribution in [0.25, 0.3) is 0 Å². The minimum atomic E-state index is -0.233. The summed E-state index contributed by atoms with van der Waals surface area (Å²) in [5, 5.41) is 0. The van der Waals surface area contributed by atoms with E-state index in [1.165, 1.54) is 26.5 Å². The van der Waals surface area contributed by atoms with Crippen molar-refractivity contribution in [2.75, 3.05) is 26.8 Å². The number of piperidine rings is 1. The van der Waals surface area contributed by atoms with Crippen molar-refractivity contribution in [2.45, 2.75) is 58.0 Å². The van der Waals surface area contributed by atoms with Gasteiger partial charge in [-0.15, -0.1) is 0 Å². The molecule has 2 fully saturated rings. The van der Waals surface area contributed by atoms with E-state index in [1.807, 2.05) is 0 Å². The smallest absolute Gasteiger partial charge is 0.308 e. The quantitative estimate of drug-likeness (QED) is 0.721. The van der Waals surface area contributed by atoms with Gasteiger partial charge in [0.2, 0.25) is 0 Å². The maximum Gasteiger partial charge on any atom is 0.308 e. The van der Waals surface area contributed by atoms with Gasteiger partial charge in [0.05, 0.1) is 26.2 Å². The molecule has 20 heavy (non-hydrogen) atoms. The SMILES string of the molecule is COC(=O)CC1COC(CC2CCCN(C(C)C)C2)O1. The first-order valence-electron chi connectivity index (χ1n) is 7.66. The molecule has 2 rings (SSSR count). The van der Waals surface area contributed by atoms with Crippen molar-refractivity contribution in [3.63, 3.8) is 0 Å². The van der Waals surface area contributed by atoms with E-state index in [-0.39, 0.29) is 24.8 Å². The van der Waals surface area contributed by atoms with Crippen molar-refractivity contribution in [2.24, 2.45) is 5.92 Å². The molecule has 5 heteroatoms. The minimum absolute atomic E-state index is 0.141. The zero-order valence-electron chi connectivity index (χ0n) is 12.8. The fourth-order valence-electron chi connectivity index (χ4n) is 3.04. The van der Waals surface area contributed by atoms with E-state index in [4.69, 9.17) is 9.47 Å². The summed E-state index contributed by atoms with van der Waals surface area (Å²) in [5.41, 5.74) is 0. The lowest BCUT2D eigenvalue weighted by Gasteiger charge is -2.36. The molecule has 0 aromatic carbocycles. The molecule has 2 aliphatic rings. The Balaban J connectivity index is 1.73. The van der Waals surface area contributed by atoms with Crippen LogP contribution in [0.2, 0.25) is 0 Å². The topological polar surface area (TPSA) is 48.0 Å². The van der Waals surface area contributed by atoms with Gasteiger partial charge >= 0.3 is 5.97 Å². The third-order valence-electron chi connectivity index (χ3n) is 4.24. The number of carbonyl (C=O) groups is 1. The average Bonchev–Trinajstić information content (AvgIpc) is 2.86. The summed E-state index contributed by atoms with van der Waals surface area (Å²) in [4.78, 5) is 13.7. The standard InChI is InChI=1S/C15H27NO4/c1-11(2)16-6-4-5-12(9-16)7-15-19-10-13(20-15)8-14(17)18-3/h11-13,15H,4-10H2,1-3H3. The fraction of sp³-hybridized carbons (Fsp3) is 0.933. The minimum Gasteiger partial charge on any atom is -0.469 e. The van der Waals surface area contributed by atoms with Gasteiger partial charge in [-0.3, -0.25) is 4.79 Å². The number of hydrogen-bond acceptors (Lipinski definition) is 5. The van der Waals surface area contributed by atoms with Crippen LogP contribution in [0, 0.1) is 5.92 Å². The van der Waals surface area contributed by atoms with E-state index in [1.54, 1.807) is 0 Å². The van der Waals surface area contributed by atoms with E-state index in [9.17, 15) is 4.79 Å². The van der Waals surface area contributed by atoms with Crippen LogP contribution in [-0.2, 0) is 19.0 Å². The number of esters is 1. The first kappa shape index (κ1) is 15.7. The molecule has 3 unspecified atom stereocenters. The number of rotatable bonds is 5. The highest BCUT2D eigenvalue weighted by Crippen LogP contribution is 2.27. The highest BCUT2D eigenvalue weighted by Gasteiger charge is 2.31. The normalized spacial score (nSPS) is 31.7. The predicted octanol–water partition coefficient (Wildman–Crippen LogP) is 1.80. The number of carbonyl (C=O) groups excluding carboxylic acids is 1. The Morgan fingerprint density at radius 1 is 1.45 bits per heavy atom. The van der Waals surface area contributed by atoms with Crippen molar-refractivity contribution in [3.8, 4) is 0 Å². The molecular weight excluding hydrogens is 258 g/mol. The summed E-state index contributed by atoms with van der Waals surface area (Å²) in [6, 6.07) is 0.607. The van der Waals surface area contributed by atoms with E-state index in [0.29, 0.717) is 18.6 Å². The van der Waals surface area contributed by atoms with Gasteiger partial charge in [-0.2, -0.15) is 0 Å². The van der Waals surface area contributed by atoms with E-state index in [0.717, 1.165) is 13.0 Å². The summed E-state index contributed by atoms with van der Waals surface area (Å²) in [5.74, 6) is 0.399. The molecule has 0 saturated carbocycles. The number of methoxy groups -OCH3 is 1. The van der Waals surface area contributed by atoms with Gasteiger partial charge in [0.25, 0.3) is 0 Å². The third-order valence-corrected chi connectivity index (χ3v) is 4.24. The first-order valence-corrected chi connectivity index (χ1v) is 7.66. The maximum absolute atomic E-state index is 11.2. The second-order valence-electron chi connectivity index (χ2n) is 6.13. The summed E-state index contributed by atoms with van der Waals surface area (Å²) in [6.45, 7) is 7.32. The van der Waals surface area contributed by atoms with Gasteiger partial charge in [-0.1, -0.05) is 0 Å². The number of ether oxygens (including phenoxy) is 3. The van der Waals surface area contributed by atoms with E-state index < -0.39 is 0 Å². The molecule has 5 nitrogen and oxygen atoms in total. The Bertz CT molecular complexity index is 321. The van der Waals surface area contributed by atoms with Crippen LogP contribution in [0.5, 0.6) is 0 Å². The van der Waals surface area contributed by atoms with Crippen LogP contribution >= 0.6 is 0 Å². The van der Waals surface area contributed by atoms with Crippen molar-refractivity contribution in [1.29, 1.82) is 0 Å². The van der Waals surface area contributed by atoms with Crippen molar-refractivity contribution in [1.82, 2.24) is 4.90 Å². The third kappa shape index (κ3) is 4.43. The lowest BCUT2D eigenvalue weighted by atomic mass is 9.94. The largest absolute Gasteiger partial charge is 0.469 e. The molecule has 0 spiro atoms. The van der Waals surface area contributed by atoms with E-state index >= 15 is 0 Å². The van der Waals surface area contributed by atoms with Gasteiger partial charge in [0, 0.05) is 19.0 Å². The summed E-state index contributed by atoms with van der Waals surface area (Å²) in [7, 11) is 1.40. The van der Waals surface area contributed by atoms with Crippen molar-refractivity contribution >= 4 is 5.97 Å². The summed E-state index contributed by atoms with van der Waals surface area (Å²) in [6.07, 6.45) is 3.42. The number of nitrogens with zero attached hydrogens (tertiary/aromatic N) is 1. The molecule has 0 aromatic rings. The molecule has 0 radical (unpaired) electrons. The molecule has 2 saturated heterocycles. The Morgan fingerprint density at radius 3 is 2.95 bits per heavy atom. The van der Waals surface area contributed by atoms with Crippen LogP contribution in [0.3, 0.4) is 0 Å². The van der Waals surface area contributed by atoms with Crippen molar-refractivity contribution in [3.05, 3.63) is 0 Å². The van der Waals surface area contributed by atoms with Crippen LogP contribution < -0.4 is 0 Å². The van der Waals surface area contributed by atoms with Crippen LogP contribution in [0.4, 0.5) is 0 Å². The van der Waals surface area contributed by atoms with Crippen LogP contribution in [0.1, 0.15) is 39.5 Å². The highest BCUT2D eigenvalue weighted by molar-refractivity contribution is 5.69. The van der Waals surface area contributed by atoms with Crippen molar-refractivity contribution < 1.29 is 19.0 Å². The summed E-state index contributed by atoms with van der Waals surface area (Å²) >= 11 is 0. The first-order chi connectivity index (χ1) is 9.58. The summed E-state index contributed by atoms with van der Waals surface area (Å²) < 4.78 is 16.1. The average molecular weight is 285 g/mol.